The van der Waals surface area contributed by atoms with E-state index in [-0.39, 0.29) is 0 Å². The minimum atomic E-state index is 0.545. The summed E-state index contributed by atoms with van der Waals surface area (Å²) in [6, 6.07) is 16.6. The third kappa shape index (κ3) is 4.13. The normalized spacial score (nSPS) is 10.8. The predicted octanol–water partition coefficient (Wildman–Crippen LogP) is 5.10. The Morgan fingerprint density at radius 3 is 1.22 bits per heavy atom. The summed E-state index contributed by atoms with van der Waals surface area (Å²) in [5.74, 6) is 1.09. The molecule has 3 aromatic rings. The number of hydrogen-bond acceptors (Lipinski definition) is 5. The number of rotatable bonds is 8. The lowest BCUT2D eigenvalue weighted by Crippen LogP contribution is -2.21. The maximum absolute atomic E-state index is 5.91. The predicted molar refractivity (Wildman–Crippen MR) is 112 cm³/mol. The van der Waals surface area contributed by atoms with Crippen molar-refractivity contribution in [3.63, 3.8) is 0 Å². The van der Waals surface area contributed by atoms with Gasteiger partial charge in [-0.2, -0.15) is 0 Å². The molecule has 0 N–H and O–H groups in total. The largest absolute Gasteiger partial charge is 0.416 e. The number of anilines is 2. The molecular weight excluding hydrogens is 336 g/mol. The van der Waals surface area contributed by atoms with Crippen molar-refractivity contribution in [2.45, 2.75) is 27.7 Å². The molecule has 27 heavy (non-hydrogen) atoms. The van der Waals surface area contributed by atoms with Crippen LogP contribution in [0.4, 0.5) is 11.4 Å². The van der Waals surface area contributed by atoms with Crippen LogP contribution in [-0.4, -0.2) is 36.4 Å². The van der Waals surface area contributed by atoms with Crippen molar-refractivity contribution in [3.05, 3.63) is 48.5 Å². The van der Waals surface area contributed by atoms with Crippen LogP contribution in [0.15, 0.2) is 52.9 Å². The van der Waals surface area contributed by atoms with Crippen LogP contribution in [0.3, 0.4) is 0 Å². The van der Waals surface area contributed by atoms with Gasteiger partial charge in [0.15, 0.2) is 0 Å². The standard InChI is InChI=1S/C22H28N4O/c1-5-25(6-2)19-13-9-17(10-14-19)21-23-24-22(27-21)18-11-15-20(16-12-18)26(7-3)8-4/h9-16H,5-8H2,1-4H3. The van der Waals surface area contributed by atoms with E-state index in [0.717, 1.165) is 37.3 Å². The second-order valence-corrected chi connectivity index (χ2v) is 6.35. The molecular formula is C22H28N4O. The second kappa shape index (κ2) is 8.71. The minimum Gasteiger partial charge on any atom is -0.416 e. The van der Waals surface area contributed by atoms with Gasteiger partial charge in [-0.3, -0.25) is 0 Å². The van der Waals surface area contributed by atoms with Gasteiger partial charge < -0.3 is 14.2 Å². The van der Waals surface area contributed by atoms with Gasteiger partial charge in [0.05, 0.1) is 0 Å². The quantitative estimate of drug-likeness (QED) is 0.557. The van der Waals surface area contributed by atoms with Gasteiger partial charge in [0.2, 0.25) is 11.8 Å². The Hall–Kier alpha value is -2.82. The first-order valence-electron chi connectivity index (χ1n) is 9.74. The molecule has 0 aliphatic heterocycles. The highest BCUT2D eigenvalue weighted by atomic mass is 16.4. The average molecular weight is 364 g/mol. The van der Waals surface area contributed by atoms with E-state index >= 15 is 0 Å². The van der Waals surface area contributed by atoms with Crippen LogP contribution in [0.1, 0.15) is 27.7 Å². The zero-order valence-electron chi connectivity index (χ0n) is 16.6. The van der Waals surface area contributed by atoms with Crippen LogP contribution < -0.4 is 9.80 Å². The first-order chi connectivity index (χ1) is 13.2. The summed E-state index contributed by atoms with van der Waals surface area (Å²) in [4.78, 5) is 4.61. The Bertz CT molecular complexity index is 762. The van der Waals surface area contributed by atoms with Crippen molar-refractivity contribution in [1.82, 2.24) is 10.2 Å². The number of aromatic nitrogens is 2. The molecule has 5 nitrogen and oxygen atoms in total. The van der Waals surface area contributed by atoms with E-state index in [9.17, 15) is 0 Å². The van der Waals surface area contributed by atoms with Crippen LogP contribution in [0.25, 0.3) is 22.9 Å². The smallest absolute Gasteiger partial charge is 0.248 e. The molecule has 1 heterocycles. The zero-order valence-corrected chi connectivity index (χ0v) is 16.6. The number of benzene rings is 2. The maximum Gasteiger partial charge on any atom is 0.248 e. The van der Waals surface area contributed by atoms with E-state index in [2.05, 4.69) is 72.0 Å². The van der Waals surface area contributed by atoms with Gasteiger partial charge in [0.1, 0.15) is 0 Å². The molecule has 0 saturated heterocycles. The van der Waals surface area contributed by atoms with E-state index in [0.29, 0.717) is 11.8 Å². The summed E-state index contributed by atoms with van der Waals surface area (Å²) in [6.07, 6.45) is 0. The molecule has 0 radical (unpaired) electrons. The highest BCUT2D eigenvalue weighted by Crippen LogP contribution is 2.27. The summed E-state index contributed by atoms with van der Waals surface area (Å²) in [5.41, 5.74) is 4.28. The Kier molecular flexibility index (Phi) is 6.12. The minimum absolute atomic E-state index is 0.545. The molecule has 0 aliphatic rings. The first kappa shape index (κ1) is 19.0. The van der Waals surface area contributed by atoms with E-state index in [1.165, 1.54) is 11.4 Å². The van der Waals surface area contributed by atoms with Gasteiger partial charge in [-0.05, 0) is 76.2 Å². The lowest BCUT2D eigenvalue weighted by Gasteiger charge is -2.20. The highest BCUT2D eigenvalue weighted by Gasteiger charge is 2.12. The fourth-order valence-electron chi connectivity index (χ4n) is 3.26. The van der Waals surface area contributed by atoms with Crippen molar-refractivity contribution in [3.8, 4) is 22.9 Å². The SMILES string of the molecule is CCN(CC)c1ccc(-c2nnc(-c3ccc(N(CC)CC)cc3)o2)cc1. The van der Waals surface area contributed by atoms with Gasteiger partial charge in [-0.15, -0.1) is 10.2 Å². The van der Waals surface area contributed by atoms with Crippen molar-refractivity contribution in [2.24, 2.45) is 0 Å². The van der Waals surface area contributed by atoms with Crippen molar-refractivity contribution in [1.29, 1.82) is 0 Å². The highest BCUT2D eigenvalue weighted by molar-refractivity contribution is 5.63. The van der Waals surface area contributed by atoms with E-state index in [1.54, 1.807) is 0 Å². The van der Waals surface area contributed by atoms with Crippen LogP contribution in [-0.2, 0) is 0 Å². The van der Waals surface area contributed by atoms with Gasteiger partial charge >= 0.3 is 0 Å². The van der Waals surface area contributed by atoms with Crippen molar-refractivity contribution >= 4 is 11.4 Å². The molecule has 0 saturated carbocycles. The van der Waals surface area contributed by atoms with Crippen LogP contribution >= 0.6 is 0 Å². The number of hydrogen-bond donors (Lipinski definition) is 0. The lowest BCUT2D eigenvalue weighted by molar-refractivity contribution is 0.584. The lowest BCUT2D eigenvalue weighted by atomic mass is 10.2. The monoisotopic (exact) mass is 364 g/mol. The second-order valence-electron chi connectivity index (χ2n) is 6.35. The van der Waals surface area contributed by atoms with Crippen LogP contribution in [0.5, 0.6) is 0 Å². The summed E-state index contributed by atoms with van der Waals surface area (Å²) < 4.78 is 5.91. The Morgan fingerprint density at radius 2 is 0.926 bits per heavy atom. The molecule has 0 fully saturated rings. The summed E-state index contributed by atoms with van der Waals surface area (Å²) in [7, 11) is 0. The Balaban J connectivity index is 1.78. The van der Waals surface area contributed by atoms with Crippen molar-refractivity contribution in [2.75, 3.05) is 36.0 Å². The maximum atomic E-state index is 5.91. The Labute approximate surface area is 161 Å². The molecule has 2 aromatic carbocycles. The van der Waals surface area contributed by atoms with E-state index in [1.807, 2.05) is 24.3 Å². The average Bonchev–Trinajstić information content (AvgIpc) is 3.21. The van der Waals surface area contributed by atoms with Crippen LogP contribution in [0, 0.1) is 0 Å². The first-order valence-corrected chi connectivity index (χ1v) is 9.74. The topological polar surface area (TPSA) is 45.4 Å². The van der Waals surface area contributed by atoms with Gasteiger partial charge in [-0.1, -0.05) is 0 Å². The molecule has 0 bridgehead atoms. The number of nitrogens with zero attached hydrogens (tertiary/aromatic N) is 4. The van der Waals surface area contributed by atoms with Gasteiger partial charge in [-0.25, -0.2) is 0 Å². The van der Waals surface area contributed by atoms with Crippen LogP contribution in [0.2, 0.25) is 0 Å². The van der Waals surface area contributed by atoms with E-state index < -0.39 is 0 Å². The summed E-state index contributed by atoms with van der Waals surface area (Å²) in [6.45, 7) is 12.6. The van der Waals surface area contributed by atoms with E-state index in [4.69, 9.17) is 4.42 Å². The van der Waals surface area contributed by atoms with Gasteiger partial charge in [0.25, 0.3) is 0 Å². The van der Waals surface area contributed by atoms with Crippen molar-refractivity contribution < 1.29 is 4.42 Å². The summed E-state index contributed by atoms with van der Waals surface area (Å²) >= 11 is 0. The molecule has 3 rings (SSSR count). The fourth-order valence-corrected chi connectivity index (χ4v) is 3.26. The third-order valence-corrected chi connectivity index (χ3v) is 4.91. The molecule has 0 unspecified atom stereocenters. The molecule has 0 aliphatic carbocycles. The fraction of sp³-hybridized carbons (Fsp3) is 0.364. The molecule has 142 valence electrons. The molecule has 5 heteroatoms. The Morgan fingerprint density at radius 1 is 0.593 bits per heavy atom. The molecule has 0 atom stereocenters. The zero-order chi connectivity index (χ0) is 19.2. The molecule has 0 spiro atoms. The van der Waals surface area contributed by atoms with Gasteiger partial charge in [0, 0.05) is 48.7 Å². The summed E-state index contributed by atoms with van der Waals surface area (Å²) in [5, 5.41) is 8.45. The third-order valence-electron chi connectivity index (χ3n) is 4.91. The molecule has 1 aromatic heterocycles. The molecule has 0 amide bonds.